The zero-order valence-electron chi connectivity index (χ0n) is 30.3. The lowest BCUT2D eigenvalue weighted by atomic mass is 9.66. The van der Waals surface area contributed by atoms with Crippen molar-refractivity contribution in [1.29, 1.82) is 0 Å². The number of aromatic nitrogens is 4. The van der Waals surface area contributed by atoms with Gasteiger partial charge in [-0.1, -0.05) is 133 Å². The molecule has 0 radical (unpaired) electrons. The Morgan fingerprint density at radius 1 is 0.451 bits per heavy atom. The maximum absolute atomic E-state index is 5.14. The number of hydrogen-bond acceptors (Lipinski definition) is 2. The number of rotatable bonds is 6. The van der Waals surface area contributed by atoms with E-state index in [1.54, 1.807) is 0 Å². The Bertz CT molecular complexity index is 2400. The Morgan fingerprint density at radius 3 is 1.69 bits per heavy atom. The van der Waals surface area contributed by atoms with E-state index < -0.39 is 5.41 Å². The standard InChI is InChI=1S/C47H44N4/c1-45(2,3)33-18-22-35(23-19-33)47(44-17-9-10-28-48-44,36-24-20-34(21-25-36)46(4,5)6)37-13-11-14-39(31-37)51-42-16-8-7-15-40(42)41-27-26-38(32-43(41)51)50-30-12-29-49-50/h7-32H,1-6H3. The molecular weight excluding hydrogens is 621 g/mol. The molecule has 0 aliphatic carbocycles. The molecule has 4 nitrogen and oxygen atoms in total. The van der Waals surface area contributed by atoms with Gasteiger partial charge in [0.15, 0.2) is 0 Å². The lowest BCUT2D eigenvalue weighted by molar-refractivity contribution is 0.588. The molecule has 51 heavy (non-hydrogen) atoms. The van der Waals surface area contributed by atoms with Gasteiger partial charge < -0.3 is 4.57 Å². The van der Waals surface area contributed by atoms with E-state index >= 15 is 0 Å². The van der Waals surface area contributed by atoms with Crippen molar-refractivity contribution in [2.45, 2.75) is 57.8 Å². The van der Waals surface area contributed by atoms with Crippen molar-refractivity contribution in [3.63, 3.8) is 0 Å². The molecule has 0 spiro atoms. The van der Waals surface area contributed by atoms with Gasteiger partial charge >= 0.3 is 0 Å². The van der Waals surface area contributed by atoms with Crippen LogP contribution in [0.2, 0.25) is 0 Å². The van der Waals surface area contributed by atoms with Crippen LogP contribution in [0.3, 0.4) is 0 Å². The van der Waals surface area contributed by atoms with Gasteiger partial charge in [0.05, 0.1) is 27.8 Å². The normalized spacial score (nSPS) is 12.5. The van der Waals surface area contributed by atoms with Gasteiger partial charge in [0, 0.05) is 35.1 Å². The van der Waals surface area contributed by atoms with E-state index in [1.807, 2.05) is 35.4 Å². The van der Waals surface area contributed by atoms with Crippen LogP contribution in [0.1, 0.15) is 75.1 Å². The number of fused-ring (bicyclic) bond motifs is 3. The predicted octanol–water partition coefficient (Wildman–Crippen LogP) is 11.3. The highest BCUT2D eigenvalue weighted by atomic mass is 15.3. The third kappa shape index (κ3) is 5.56. The molecule has 0 atom stereocenters. The van der Waals surface area contributed by atoms with E-state index in [2.05, 4.69) is 179 Å². The van der Waals surface area contributed by atoms with Gasteiger partial charge in [0.2, 0.25) is 0 Å². The monoisotopic (exact) mass is 664 g/mol. The molecule has 8 aromatic rings. The summed E-state index contributed by atoms with van der Waals surface area (Å²) < 4.78 is 4.32. The van der Waals surface area contributed by atoms with Crippen LogP contribution in [0.25, 0.3) is 33.2 Å². The molecular formula is C47H44N4. The van der Waals surface area contributed by atoms with Crippen LogP contribution in [0.15, 0.2) is 158 Å². The van der Waals surface area contributed by atoms with E-state index in [1.165, 1.54) is 33.0 Å². The summed E-state index contributed by atoms with van der Waals surface area (Å²) >= 11 is 0. The summed E-state index contributed by atoms with van der Waals surface area (Å²) in [6, 6.07) is 51.1. The van der Waals surface area contributed by atoms with E-state index in [9.17, 15) is 0 Å². The average Bonchev–Trinajstić information content (AvgIpc) is 3.79. The highest BCUT2D eigenvalue weighted by Gasteiger charge is 2.40. The summed E-state index contributed by atoms with van der Waals surface area (Å²) in [5.41, 5.74) is 10.9. The Balaban J connectivity index is 1.43. The number of benzene rings is 5. The summed E-state index contributed by atoms with van der Waals surface area (Å²) in [6.45, 7) is 13.6. The molecule has 8 rings (SSSR count). The predicted molar refractivity (Wildman–Crippen MR) is 211 cm³/mol. The molecule has 0 saturated carbocycles. The SMILES string of the molecule is CC(C)(C)c1ccc(C(c2ccc(C(C)(C)C)cc2)(c2cccc(-n3c4ccccc4c4ccc(-n5cccn5)cc43)c2)c2ccccn2)cc1. The molecule has 0 N–H and O–H groups in total. The van der Waals surface area contributed by atoms with Crippen LogP contribution >= 0.6 is 0 Å². The van der Waals surface area contributed by atoms with Crippen molar-refractivity contribution in [2.75, 3.05) is 0 Å². The fraction of sp³-hybridized carbons (Fsp3) is 0.191. The second kappa shape index (κ2) is 12.2. The van der Waals surface area contributed by atoms with Crippen LogP contribution in [-0.2, 0) is 16.2 Å². The van der Waals surface area contributed by atoms with Crippen molar-refractivity contribution >= 4 is 21.8 Å². The minimum absolute atomic E-state index is 0.0338. The van der Waals surface area contributed by atoms with Gasteiger partial charge in [0.1, 0.15) is 0 Å². The lowest BCUT2D eigenvalue weighted by Crippen LogP contribution is -2.32. The van der Waals surface area contributed by atoms with E-state index in [-0.39, 0.29) is 10.8 Å². The van der Waals surface area contributed by atoms with Gasteiger partial charge in [-0.05, 0) is 87.2 Å². The minimum atomic E-state index is -0.691. The van der Waals surface area contributed by atoms with Crippen molar-refractivity contribution in [2.24, 2.45) is 0 Å². The number of hydrogen-bond donors (Lipinski definition) is 0. The van der Waals surface area contributed by atoms with Gasteiger partial charge in [-0.3, -0.25) is 4.98 Å². The first kappa shape index (κ1) is 32.5. The molecule has 3 aromatic heterocycles. The largest absolute Gasteiger partial charge is 0.309 e. The molecule has 0 aliphatic heterocycles. The molecule has 5 aromatic carbocycles. The van der Waals surface area contributed by atoms with Crippen LogP contribution in [0.5, 0.6) is 0 Å². The number of para-hydroxylation sites is 1. The zero-order chi connectivity index (χ0) is 35.4. The fourth-order valence-electron chi connectivity index (χ4n) is 7.65. The summed E-state index contributed by atoms with van der Waals surface area (Å²) in [4.78, 5) is 5.14. The smallest absolute Gasteiger partial charge is 0.0874 e. The second-order valence-electron chi connectivity index (χ2n) is 15.7. The molecule has 0 aliphatic rings. The van der Waals surface area contributed by atoms with E-state index in [0.717, 1.165) is 33.7 Å². The molecule has 0 amide bonds. The van der Waals surface area contributed by atoms with Gasteiger partial charge in [-0.15, -0.1) is 0 Å². The van der Waals surface area contributed by atoms with Gasteiger partial charge in [-0.2, -0.15) is 5.10 Å². The van der Waals surface area contributed by atoms with Crippen molar-refractivity contribution in [1.82, 2.24) is 19.3 Å². The Labute approximate surface area is 301 Å². The van der Waals surface area contributed by atoms with Crippen LogP contribution < -0.4 is 0 Å². The number of pyridine rings is 1. The molecule has 0 unspecified atom stereocenters. The van der Waals surface area contributed by atoms with Crippen LogP contribution in [-0.4, -0.2) is 19.3 Å². The number of nitrogens with zero attached hydrogens (tertiary/aromatic N) is 4. The molecule has 252 valence electrons. The maximum Gasteiger partial charge on any atom is 0.0874 e. The highest BCUT2D eigenvalue weighted by molar-refractivity contribution is 6.09. The van der Waals surface area contributed by atoms with Crippen molar-refractivity contribution < 1.29 is 0 Å². The lowest BCUT2D eigenvalue weighted by Gasteiger charge is -2.37. The fourth-order valence-corrected chi connectivity index (χ4v) is 7.65. The van der Waals surface area contributed by atoms with Gasteiger partial charge in [-0.25, -0.2) is 4.68 Å². The second-order valence-corrected chi connectivity index (χ2v) is 15.7. The Morgan fingerprint density at radius 2 is 1.08 bits per heavy atom. The summed E-state index contributed by atoms with van der Waals surface area (Å²) in [7, 11) is 0. The van der Waals surface area contributed by atoms with E-state index in [0.29, 0.717) is 0 Å². The Kier molecular flexibility index (Phi) is 7.79. The molecule has 0 fully saturated rings. The summed E-state index contributed by atoms with van der Waals surface area (Å²) in [5, 5.41) is 6.97. The maximum atomic E-state index is 5.14. The third-order valence-electron chi connectivity index (χ3n) is 10.4. The van der Waals surface area contributed by atoms with Crippen molar-refractivity contribution in [3.05, 3.63) is 192 Å². The molecule has 0 saturated heterocycles. The van der Waals surface area contributed by atoms with Crippen molar-refractivity contribution in [3.8, 4) is 11.4 Å². The average molecular weight is 665 g/mol. The van der Waals surface area contributed by atoms with E-state index in [4.69, 9.17) is 4.98 Å². The topological polar surface area (TPSA) is 35.6 Å². The Hall–Kier alpha value is -5.74. The summed E-state index contributed by atoms with van der Waals surface area (Å²) in [5.74, 6) is 0. The molecule has 4 heteroatoms. The van der Waals surface area contributed by atoms with Gasteiger partial charge in [0.25, 0.3) is 0 Å². The zero-order valence-corrected chi connectivity index (χ0v) is 30.3. The quantitative estimate of drug-likeness (QED) is 0.166. The minimum Gasteiger partial charge on any atom is -0.309 e. The first-order valence-electron chi connectivity index (χ1n) is 17.8. The molecule has 3 heterocycles. The van der Waals surface area contributed by atoms with Crippen LogP contribution in [0.4, 0.5) is 0 Å². The van der Waals surface area contributed by atoms with Crippen LogP contribution in [0, 0.1) is 0 Å². The summed E-state index contributed by atoms with van der Waals surface area (Å²) in [6.07, 6.45) is 5.74. The third-order valence-corrected chi connectivity index (χ3v) is 10.4. The first-order valence-corrected chi connectivity index (χ1v) is 17.8. The first-order chi connectivity index (χ1) is 24.5. The highest BCUT2D eigenvalue weighted by Crippen LogP contribution is 2.46. The molecule has 0 bridgehead atoms.